The van der Waals surface area contributed by atoms with E-state index in [9.17, 15) is 9.18 Å². The standard InChI is InChI=1S/C22H40O4.C10H19FO/c1-3-5-7-17-25-20-12-14-21(15-13-20)26-22(23)18-8-10-19(11-9-18)24-16-6-4-2;1-3-12-8-10(11)6-4-9(2)5-7-10/h18-21H,3-17H2,1-2H3;9H,3-8H2,1-2H3. The van der Waals surface area contributed by atoms with E-state index in [0.29, 0.717) is 44.2 Å². The Kier molecular flexibility index (Phi) is 17.1. The fourth-order valence-electron chi connectivity index (χ4n) is 5.75. The van der Waals surface area contributed by atoms with Crippen molar-refractivity contribution in [3.63, 3.8) is 0 Å². The molecule has 0 unspecified atom stereocenters. The molecule has 0 saturated heterocycles. The van der Waals surface area contributed by atoms with E-state index in [1.807, 2.05) is 6.92 Å². The number of halogens is 1. The molecule has 0 N–H and O–H groups in total. The Morgan fingerprint density at radius 1 is 0.737 bits per heavy atom. The minimum absolute atomic E-state index is 0.0318. The van der Waals surface area contributed by atoms with Crippen molar-refractivity contribution in [1.29, 1.82) is 0 Å². The van der Waals surface area contributed by atoms with Gasteiger partial charge < -0.3 is 18.9 Å². The second kappa shape index (κ2) is 19.4. The van der Waals surface area contributed by atoms with Gasteiger partial charge in [0, 0.05) is 19.8 Å². The maximum absolute atomic E-state index is 13.8. The predicted octanol–water partition coefficient (Wildman–Crippen LogP) is 8.36. The molecule has 224 valence electrons. The lowest BCUT2D eigenvalue weighted by Gasteiger charge is -2.32. The Hall–Kier alpha value is -0.720. The van der Waals surface area contributed by atoms with Gasteiger partial charge in [0.1, 0.15) is 11.8 Å². The average molecular weight is 543 g/mol. The number of esters is 1. The van der Waals surface area contributed by atoms with Crippen LogP contribution in [0, 0.1) is 11.8 Å². The molecular weight excluding hydrogens is 483 g/mol. The molecule has 38 heavy (non-hydrogen) atoms. The Morgan fingerprint density at radius 2 is 1.26 bits per heavy atom. The summed E-state index contributed by atoms with van der Waals surface area (Å²) in [5.74, 6) is 0.823. The molecule has 0 aromatic carbocycles. The number of unbranched alkanes of at least 4 members (excludes halogenated alkanes) is 3. The zero-order valence-electron chi connectivity index (χ0n) is 25.2. The first-order chi connectivity index (χ1) is 18.4. The molecule has 0 bridgehead atoms. The molecule has 6 heteroatoms. The summed E-state index contributed by atoms with van der Waals surface area (Å²) >= 11 is 0. The molecule has 0 amide bonds. The van der Waals surface area contributed by atoms with Crippen LogP contribution < -0.4 is 0 Å². The van der Waals surface area contributed by atoms with Crippen LogP contribution in [0.1, 0.15) is 137 Å². The quantitative estimate of drug-likeness (QED) is 0.163. The number of hydrogen-bond donors (Lipinski definition) is 0. The topological polar surface area (TPSA) is 54.0 Å². The number of alkyl halides is 1. The average Bonchev–Trinajstić information content (AvgIpc) is 2.93. The summed E-state index contributed by atoms with van der Waals surface area (Å²) in [6.45, 7) is 11.2. The van der Waals surface area contributed by atoms with Crippen molar-refractivity contribution in [2.45, 2.75) is 161 Å². The van der Waals surface area contributed by atoms with Gasteiger partial charge in [0.05, 0.1) is 24.7 Å². The molecule has 0 heterocycles. The molecule has 0 aromatic rings. The van der Waals surface area contributed by atoms with Gasteiger partial charge in [-0.05, 0) is 103 Å². The second-order valence-electron chi connectivity index (χ2n) is 12.1. The third-order valence-electron chi connectivity index (χ3n) is 8.60. The highest BCUT2D eigenvalue weighted by Gasteiger charge is 2.34. The molecule has 3 fully saturated rings. The Labute approximate surface area is 233 Å². The SMILES string of the molecule is CCCCCOC1CCC(OC(=O)C2CCC(OCCCC)CC2)CC1.CCOCC1(F)CCC(C)CC1. The van der Waals surface area contributed by atoms with Crippen molar-refractivity contribution in [3.05, 3.63) is 0 Å². The Balaban J connectivity index is 0.000000352. The van der Waals surface area contributed by atoms with Gasteiger partial charge in [-0.1, -0.05) is 40.0 Å². The molecule has 0 aliphatic heterocycles. The number of carbonyl (C=O) groups is 1. The lowest BCUT2D eigenvalue weighted by atomic mass is 9.81. The first-order valence-electron chi connectivity index (χ1n) is 16.1. The summed E-state index contributed by atoms with van der Waals surface area (Å²) in [5, 5.41) is 0. The third kappa shape index (κ3) is 13.6. The van der Waals surface area contributed by atoms with Crippen molar-refractivity contribution in [2.24, 2.45) is 11.8 Å². The molecule has 0 spiro atoms. The number of ether oxygens (including phenoxy) is 4. The van der Waals surface area contributed by atoms with Gasteiger partial charge in [0.25, 0.3) is 0 Å². The fraction of sp³-hybridized carbons (Fsp3) is 0.969. The zero-order valence-corrected chi connectivity index (χ0v) is 25.2. The van der Waals surface area contributed by atoms with Crippen LogP contribution in [0.2, 0.25) is 0 Å². The molecule has 3 rings (SSSR count). The second-order valence-corrected chi connectivity index (χ2v) is 12.1. The highest BCUT2D eigenvalue weighted by Crippen LogP contribution is 2.35. The van der Waals surface area contributed by atoms with E-state index in [2.05, 4.69) is 20.8 Å². The van der Waals surface area contributed by atoms with E-state index in [-0.39, 0.29) is 18.0 Å². The lowest BCUT2D eigenvalue weighted by molar-refractivity contribution is -0.159. The van der Waals surface area contributed by atoms with Gasteiger partial charge in [0.2, 0.25) is 0 Å². The monoisotopic (exact) mass is 542 g/mol. The lowest BCUT2D eigenvalue weighted by Crippen LogP contribution is -2.33. The Bertz CT molecular complexity index is 585. The summed E-state index contributed by atoms with van der Waals surface area (Å²) < 4.78 is 36.6. The minimum atomic E-state index is -1.01. The van der Waals surface area contributed by atoms with Gasteiger partial charge >= 0.3 is 5.97 Å². The highest BCUT2D eigenvalue weighted by molar-refractivity contribution is 5.72. The van der Waals surface area contributed by atoms with Crippen molar-refractivity contribution in [1.82, 2.24) is 0 Å². The van der Waals surface area contributed by atoms with E-state index in [0.717, 1.165) is 90.3 Å². The minimum Gasteiger partial charge on any atom is -0.462 e. The van der Waals surface area contributed by atoms with Crippen molar-refractivity contribution in [3.8, 4) is 0 Å². The zero-order chi connectivity index (χ0) is 27.6. The molecule has 3 saturated carbocycles. The molecule has 0 aromatic heterocycles. The van der Waals surface area contributed by atoms with E-state index in [1.165, 1.54) is 19.3 Å². The molecule has 0 atom stereocenters. The van der Waals surface area contributed by atoms with Crippen LogP contribution in [0.25, 0.3) is 0 Å². The first-order valence-corrected chi connectivity index (χ1v) is 16.1. The van der Waals surface area contributed by atoms with Crippen LogP contribution in [0.4, 0.5) is 4.39 Å². The van der Waals surface area contributed by atoms with Crippen molar-refractivity contribution in [2.75, 3.05) is 26.4 Å². The number of hydrogen-bond acceptors (Lipinski definition) is 5. The maximum atomic E-state index is 13.8. The van der Waals surface area contributed by atoms with E-state index < -0.39 is 5.67 Å². The van der Waals surface area contributed by atoms with Crippen LogP contribution in [0.15, 0.2) is 0 Å². The van der Waals surface area contributed by atoms with E-state index in [4.69, 9.17) is 18.9 Å². The van der Waals surface area contributed by atoms with Gasteiger partial charge in [-0.15, -0.1) is 0 Å². The molecule has 5 nitrogen and oxygen atoms in total. The maximum Gasteiger partial charge on any atom is 0.309 e. The highest BCUT2D eigenvalue weighted by atomic mass is 19.1. The molecule has 0 radical (unpaired) electrons. The fourth-order valence-corrected chi connectivity index (χ4v) is 5.75. The van der Waals surface area contributed by atoms with Gasteiger partial charge in [0.15, 0.2) is 0 Å². The Morgan fingerprint density at radius 3 is 1.82 bits per heavy atom. The summed E-state index contributed by atoms with van der Waals surface area (Å²) in [4.78, 5) is 12.5. The van der Waals surface area contributed by atoms with Crippen molar-refractivity contribution < 1.29 is 28.1 Å². The van der Waals surface area contributed by atoms with Crippen LogP contribution >= 0.6 is 0 Å². The molecule has 3 aliphatic rings. The largest absolute Gasteiger partial charge is 0.462 e. The van der Waals surface area contributed by atoms with Crippen LogP contribution in [-0.4, -0.2) is 56.4 Å². The van der Waals surface area contributed by atoms with Crippen LogP contribution in [-0.2, 0) is 23.7 Å². The van der Waals surface area contributed by atoms with Crippen molar-refractivity contribution >= 4 is 5.97 Å². The van der Waals surface area contributed by atoms with Crippen LogP contribution in [0.3, 0.4) is 0 Å². The van der Waals surface area contributed by atoms with E-state index in [1.54, 1.807) is 0 Å². The normalized spacial score (nSPS) is 31.8. The van der Waals surface area contributed by atoms with Crippen LogP contribution in [0.5, 0.6) is 0 Å². The number of carbonyl (C=O) groups excluding carboxylic acids is 1. The molecular formula is C32H59FO5. The summed E-state index contributed by atoms with van der Waals surface area (Å²) in [6.07, 6.45) is 18.0. The molecule has 3 aliphatic carbocycles. The summed E-state index contributed by atoms with van der Waals surface area (Å²) in [6, 6.07) is 0. The smallest absolute Gasteiger partial charge is 0.309 e. The third-order valence-corrected chi connectivity index (χ3v) is 8.60. The van der Waals surface area contributed by atoms with Gasteiger partial charge in [-0.25, -0.2) is 4.39 Å². The first kappa shape index (κ1) is 33.5. The predicted molar refractivity (Wildman–Crippen MR) is 152 cm³/mol. The summed E-state index contributed by atoms with van der Waals surface area (Å²) in [5.41, 5.74) is -1.01. The van der Waals surface area contributed by atoms with Gasteiger partial charge in [-0.3, -0.25) is 4.79 Å². The number of rotatable bonds is 14. The van der Waals surface area contributed by atoms with E-state index >= 15 is 0 Å². The van der Waals surface area contributed by atoms with Gasteiger partial charge in [-0.2, -0.15) is 0 Å². The summed E-state index contributed by atoms with van der Waals surface area (Å²) in [7, 11) is 0.